The van der Waals surface area contributed by atoms with Gasteiger partial charge in [-0.05, 0) is 31.1 Å². The minimum absolute atomic E-state index is 0.103. The first kappa shape index (κ1) is 21.4. The van der Waals surface area contributed by atoms with E-state index >= 15 is 0 Å². The van der Waals surface area contributed by atoms with Crippen molar-refractivity contribution in [3.8, 4) is 0 Å². The number of benzene rings is 2. The maximum absolute atomic E-state index is 12.8. The summed E-state index contributed by atoms with van der Waals surface area (Å²) in [4.78, 5) is 25.6. The zero-order valence-corrected chi connectivity index (χ0v) is 16.6. The van der Waals surface area contributed by atoms with Crippen LogP contribution in [0.5, 0.6) is 0 Å². The minimum Gasteiger partial charge on any atom is -0.387 e. The molecule has 0 saturated heterocycles. The fraction of sp³-hybridized carbons (Fsp3) is 0.381. The van der Waals surface area contributed by atoms with Crippen LogP contribution >= 0.6 is 0 Å². The highest BCUT2D eigenvalue weighted by Crippen LogP contribution is 2.22. The van der Waals surface area contributed by atoms with Crippen LogP contribution in [0.25, 0.3) is 0 Å². The number of carbonyl (C=O) groups excluding carboxylic acids is 1. The number of carbonyl (C=O) groups is 1. The molecule has 0 aliphatic carbocycles. The highest BCUT2D eigenvalue weighted by Gasteiger charge is 2.20. The van der Waals surface area contributed by atoms with Crippen LogP contribution in [0.3, 0.4) is 0 Å². The van der Waals surface area contributed by atoms with Crippen molar-refractivity contribution in [3.05, 3.63) is 69.8 Å². The highest BCUT2D eigenvalue weighted by molar-refractivity contribution is 6.00. The third-order valence-electron chi connectivity index (χ3n) is 4.87. The second-order valence-electron chi connectivity index (χ2n) is 6.51. The third kappa shape index (κ3) is 5.53. The molecule has 0 heterocycles. The predicted octanol–water partition coefficient (Wildman–Crippen LogP) is 3.32. The smallest absolute Gasteiger partial charge is 0.270 e. The van der Waals surface area contributed by atoms with Gasteiger partial charge in [-0.2, -0.15) is 0 Å². The number of anilines is 1. The normalized spacial score (nSPS) is 11.9. The summed E-state index contributed by atoms with van der Waals surface area (Å²) in [5.41, 5.74) is 1.94. The van der Waals surface area contributed by atoms with Gasteiger partial charge in [0.2, 0.25) is 0 Å². The molecule has 1 atom stereocenters. The van der Waals surface area contributed by atoms with Crippen LogP contribution in [0.1, 0.15) is 29.8 Å². The van der Waals surface area contributed by atoms with E-state index in [-0.39, 0.29) is 23.2 Å². The summed E-state index contributed by atoms with van der Waals surface area (Å²) in [6, 6.07) is 14.6. The van der Waals surface area contributed by atoms with E-state index < -0.39 is 4.92 Å². The highest BCUT2D eigenvalue weighted by atomic mass is 16.6. The number of hydrogen-bond acceptors (Lipinski definition) is 5. The predicted molar refractivity (Wildman–Crippen MR) is 112 cm³/mol. The zero-order valence-electron chi connectivity index (χ0n) is 16.6. The molecule has 7 heteroatoms. The number of rotatable bonds is 10. The molecule has 0 radical (unpaired) electrons. The lowest BCUT2D eigenvalue weighted by atomic mass is 10.0. The Morgan fingerprint density at radius 1 is 1.14 bits per heavy atom. The fourth-order valence-corrected chi connectivity index (χ4v) is 3.31. The van der Waals surface area contributed by atoms with E-state index in [1.165, 1.54) is 17.7 Å². The van der Waals surface area contributed by atoms with Crippen molar-refractivity contribution in [2.45, 2.75) is 26.3 Å². The van der Waals surface area contributed by atoms with Crippen LogP contribution in [-0.2, 0) is 6.42 Å². The van der Waals surface area contributed by atoms with Crippen molar-refractivity contribution in [2.24, 2.45) is 0 Å². The Balaban J connectivity index is 2.16. The number of nitrogens with one attached hydrogen (secondary N) is 2. The van der Waals surface area contributed by atoms with E-state index in [2.05, 4.69) is 41.5 Å². The summed E-state index contributed by atoms with van der Waals surface area (Å²) < 4.78 is 0. The number of nitro groups is 1. The topological polar surface area (TPSA) is 87.5 Å². The summed E-state index contributed by atoms with van der Waals surface area (Å²) in [7, 11) is 1.69. The van der Waals surface area contributed by atoms with Crippen molar-refractivity contribution in [3.63, 3.8) is 0 Å². The van der Waals surface area contributed by atoms with Gasteiger partial charge in [0.25, 0.3) is 11.6 Å². The molecule has 0 spiro atoms. The van der Waals surface area contributed by atoms with Gasteiger partial charge in [0.15, 0.2) is 0 Å². The number of nitro benzene ring substituents is 1. The van der Waals surface area contributed by atoms with Gasteiger partial charge in [0.05, 0.1) is 10.5 Å². The molecule has 1 unspecified atom stereocenters. The average molecular weight is 384 g/mol. The Morgan fingerprint density at radius 3 is 2.39 bits per heavy atom. The molecule has 0 saturated carbocycles. The summed E-state index contributed by atoms with van der Waals surface area (Å²) in [5, 5.41) is 16.9. The van der Waals surface area contributed by atoms with E-state index in [4.69, 9.17) is 0 Å². The monoisotopic (exact) mass is 384 g/mol. The lowest BCUT2D eigenvalue weighted by Gasteiger charge is -2.30. The van der Waals surface area contributed by atoms with Crippen molar-refractivity contribution in [1.82, 2.24) is 10.2 Å². The molecule has 28 heavy (non-hydrogen) atoms. The van der Waals surface area contributed by atoms with Crippen molar-refractivity contribution < 1.29 is 9.72 Å². The van der Waals surface area contributed by atoms with Gasteiger partial charge in [0.1, 0.15) is 0 Å². The van der Waals surface area contributed by atoms with Crippen LogP contribution < -0.4 is 10.6 Å². The lowest BCUT2D eigenvalue weighted by molar-refractivity contribution is -0.384. The van der Waals surface area contributed by atoms with Gasteiger partial charge in [-0.3, -0.25) is 19.8 Å². The largest absolute Gasteiger partial charge is 0.387 e. The van der Waals surface area contributed by atoms with E-state index in [1.807, 2.05) is 18.2 Å². The van der Waals surface area contributed by atoms with Crippen LogP contribution in [0.2, 0.25) is 0 Å². The second kappa shape index (κ2) is 10.4. The molecular formula is C21H28N4O3. The van der Waals surface area contributed by atoms with Crippen LogP contribution in [0, 0.1) is 10.1 Å². The molecule has 0 aliphatic rings. The molecular weight excluding hydrogens is 356 g/mol. The van der Waals surface area contributed by atoms with Crippen molar-refractivity contribution in [1.29, 1.82) is 0 Å². The minimum atomic E-state index is -0.496. The van der Waals surface area contributed by atoms with E-state index in [1.54, 1.807) is 13.1 Å². The molecule has 0 fully saturated rings. The average Bonchev–Trinajstić information content (AvgIpc) is 2.72. The number of amides is 1. The van der Waals surface area contributed by atoms with Crippen molar-refractivity contribution in [2.75, 3.05) is 32.0 Å². The van der Waals surface area contributed by atoms with E-state index in [9.17, 15) is 14.9 Å². The standard InChI is InChI=1S/C21H28N4O3/c1-4-24(5-2)18(13-16-9-7-6-8-10-16)15-23-21(26)19-14-17(25(27)28)11-12-20(19)22-3/h6-12,14,18,22H,4-5,13,15H2,1-3H3,(H,23,26). The van der Waals surface area contributed by atoms with E-state index in [0.717, 1.165) is 19.5 Å². The number of nitrogens with zero attached hydrogens (tertiary/aromatic N) is 2. The van der Waals surface area contributed by atoms with Gasteiger partial charge >= 0.3 is 0 Å². The summed E-state index contributed by atoms with van der Waals surface area (Å²) in [6.45, 7) is 6.41. The SMILES string of the molecule is CCN(CC)C(CNC(=O)c1cc([N+](=O)[O-])ccc1NC)Cc1ccccc1. The Hall–Kier alpha value is -2.93. The Morgan fingerprint density at radius 2 is 1.82 bits per heavy atom. The van der Waals surface area contributed by atoms with Gasteiger partial charge in [-0.15, -0.1) is 0 Å². The molecule has 1 amide bonds. The van der Waals surface area contributed by atoms with Crippen molar-refractivity contribution >= 4 is 17.3 Å². The Labute approximate surface area is 165 Å². The van der Waals surface area contributed by atoms with Gasteiger partial charge < -0.3 is 10.6 Å². The third-order valence-corrected chi connectivity index (χ3v) is 4.87. The molecule has 2 aromatic carbocycles. The zero-order chi connectivity index (χ0) is 20.5. The van der Waals surface area contributed by atoms with Crippen LogP contribution in [-0.4, -0.2) is 48.5 Å². The lowest BCUT2D eigenvalue weighted by Crippen LogP contribution is -2.45. The number of non-ortho nitro benzene ring substituents is 1. The first-order chi connectivity index (χ1) is 13.5. The molecule has 0 aliphatic heterocycles. The molecule has 2 aromatic rings. The maximum atomic E-state index is 12.8. The van der Waals surface area contributed by atoms with Gasteiger partial charge in [0, 0.05) is 37.5 Å². The first-order valence-corrected chi connectivity index (χ1v) is 9.52. The first-order valence-electron chi connectivity index (χ1n) is 9.52. The van der Waals surface area contributed by atoms with Crippen LogP contribution in [0.4, 0.5) is 11.4 Å². The molecule has 2 N–H and O–H groups in total. The summed E-state index contributed by atoms with van der Waals surface area (Å²) in [5.74, 6) is -0.321. The molecule has 7 nitrogen and oxygen atoms in total. The Bertz CT molecular complexity index is 791. The molecule has 0 bridgehead atoms. The summed E-state index contributed by atoms with van der Waals surface area (Å²) in [6.07, 6.45) is 0.816. The Kier molecular flexibility index (Phi) is 7.95. The maximum Gasteiger partial charge on any atom is 0.270 e. The van der Waals surface area contributed by atoms with Gasteiger partial charge in [-0.25, -0.2) is 0 Å². The van der Waals surface area contributed by atoms with Gasteiger partial charge in [-0.1, -0.05) is 44.2 Å². The van der Waals surface area contributed by atoms with Crippen LogP contribution in [0.15, 0.2) is 48.5 Å². The van der Waals surface area contributed by atoms with E-state index in [0.29, 0.717) is 12.2 Å². The quantitative estimate of drug-likeness (QED) is 0.485. The fourth-order valence-electron chi connectivity index (χ4n) is 3.31. The molecule has 150 valence electrons. The summed E-state index contributed by atoms with van der Waals surface area (Å²) >= 11 is 0. The number of likely N-dealkylation sites (N-methyl/N-ethyl adjacent to an activating group) is 1. The molecule has 2 rings (SSSR count). The molecule has 0 aromatic heterocycles. The second-order valence-corrected chi connectivity index (χ2v) is 6.51. The number of hydrogen-bond donors (Lipinski definition) is 2.